The lowest BCUT2D eigenvalue weighted by atomic mass is 10.0. The fourth-order valence-electron chi connectivity index (χ4n) is 2.25. The molecule has 23 heavy (non-hydrogen) atoms. The molecule has 4 nitrogen and oxygen atoms in total. The van der Waals surface area contributed by atoms with Crippen molar-refractivity contribution in [3.05, 3.63) is 78.3 Å². The molecule has 1 atom stereocenters. The number of aromatic nitrogens is 1. The van der Waals surface area contributed by atoms with Crippen molar-refractivity contribution in [3.8, 4) is 11.3 Å². The fraction of sp³-hybridized carbons (Fsp3) is 0.158. The Morgan fingerprint density at radius 3 is 2.43 bits per heavy atom. The van der Waals surface area contributed by atoms with Gasteiger partial charge in [-0.25, -0.2) is 4.98 Å². The van der Waals surface area contributed by atoms with Crippen LogP contribution in [0.5, 0.6) is 0 Å². The summed E-state index contributed by atoms with van der Waals surface area (Å²) < 4.78 is 10.9. The van der Waals surface area contributed by atoms with E-state index in [0.717, 1.165) is 11.1 Å². The first kappa shape index (κ1) is 15.0. The number of esters is 1. The second-order valence-electron chi connectivity index (χ2n) is 5.22. The number of carbonyl (C=O) groups is 1. The maximum atomic E-state index is 12.1. The number of carbonyl (C=O) groups excluding carboxylic acids is 1. The Balaban J connectivity index is 1.61. The third kappa shape index (κ3) is 3.66. The van der Waals surface area contributed by atoms with E-state index in [-0.39, 0.29) is 18.5 Å². The van der Waals surface area contributed by atoms with Crippen molar-refractivity contribution in [1.29, 1.82) is 0 Å². The van der Waals surface area contributed by atoms with E-state index >= 15 is 0 Å². The predicted octanol–water partition coefficient (Wildman–Crippen LogP) is 4.19. The molecule has 3 rings (SSSR count). The Labute approximate surface area is 134 Å². The maximum absolute atomic E-state index is 12.1. The second-order valence-corrected chi connectivity index (χ2v) is 5.22. The van der Waals surface area contributed by atoms with Crippen LogP contribution in [0.15, 0.2) is 71.3 Å². The minimum atomic E-state index is -0.320. The van der Waals surface area contributed by atoms with E-state index in [2.05, 4.69) is 4.98 Å². The zero-order valence-corrected chi connectivity index (χ0v) is 12.8. The fourth-order valence-corrected chi connectivity index (χ4v) is 2.25. The normalized spacial score (nSPS) is 11.9. The van der Waals surface area contributed by atoms with Gasteiger partial charge in [-0.05, 0) is 12.5 Å². The van der Waals surface area contributed by atoms with Crippen LogP contribution in [0, 0.1) is 0 Å². The largest absolute Gasteiger partial charge is 0.455 e. The highest BCUT2D eigenvalue weighted by Crippen LogP contribution is 2.21. The van der Waals surface area contributed by atoms with Gasteiger partial charge in [0, 0.05) is 5.56 Å². The summed E-state index contributed by atoms with van der Waals surface area (Å²) in [6, 6.07) is 19.2. The molecule has 0 N–H and O–H groups in total. The highest BCUT2D eigenvalue weighted by molar-refractivity contribution is 5.77. The molecule has 0 amide bonds. The molecule has 1 aromatic heterocycles. The Morgan fingerprint density at radius 1 is 1.09 bits per heavy atom. The summed E-state index contributed by atoms with van der Waals surface area (Å²) in [6.07, 6.45) is 1.64. The number of nitrogens with zero attached hydrogens (tertiary/aromatic N) is 1. The first-order valence-electron chi connectivity index (χ1n) is 7.46. The van der Waals surface area contributed by atoms with Crippen LogP contribution in [0.2, 0.25) is 0 Å². The predicted molar refractivity (Wildman–Crippen MR) is 86.6 cm³/mol. The molecule has 0 radical (unpaired) electrons. The van der Waals surface area contributed by atoms with Gasteiger partial charge < -0.3 is 9.15 Å². The third-order valence-electron chi connectivity index (χ3n) is 3.60. The summed E-state index contributed by atoms with van der Waals surface area (Å²) in [4.78, 5) is 16.3. The van der Waals surface area contributed by atoms with Gasteiger partial charge in [-0.3, -0.25) is 4.79 Å². The molecule has 0 spiro atoms. The summed E-state index contributed by atoms with van der Waals surface area (Å²) in [7, 11) is 0. The van der Waals surface area contributed by atoms with E-state index in [1.165, 1.54) is 0 Å². The lowest BCUT2D eigenvalue weighted by Gasteiger charge is -2.10. The summed E-state index contributed by atoms with van der Waals surface area (Å²) in [5.41, 5.74) is 1.87. The summed E-state index contributed by atoms with van der Waals surface area (Å²) in [5, 5.41) is 0. The van der Waals surface area contributed by atoms with Gasteiger partial charge in [0.05, 0.1) is 12.1 Å². The molecule has 0 saturated heterocycles. The van der Waals surface area contributed by atoms with Crippen LogP contribution in [0.4, 0.5) is 0 Å². The van der Waals surface area contributed by atoms with E-state index < -0.39 is 0 Å². The van der Waals surface area contributed by atoms with Gasteiger partial charge in [-0.2, -0.15) is 0 Å². The average molecular weight is 307 g/mol. The lowest BCUT2D eigenvalue weighted by molar-refractivity contribution is -0.147. The van der Waals surface area contributed by atoms with Crippen LogP contribution in [-0.2, 0) is 16.1 Å². The SMILES string of the molecule is C[C@@H](C(=O)OCc1ncc(-c2ccccc2)o1)c1ccccc1. The van der Waals surface area contributed by atoms with Crippen molar-refractivity contribution < 1.29 is 13.9 Å². The van der Waals surface area contributed by atoms with Crippen LogP contribution in [-0.4, -0.2) is 11.0 Å². The Morgan fingerprint density at radius 2 is 1.74 bits per heavy atom. The molecular formula is C19H17NO3. The molecule has 116 valence electrons. The average Bonchev–Trinajstić information content (AvgIpc) is 3.09. The van der Waals surface area contributed by atoms with Gasteiger partial charge in [0.15, 0.2) is 12.4 Å². The molecule has 4 heteroatoms. The van der Waals surface area contributed by atoms with Crippen LogP contribution in [0.25, 0.3) is 11.3 Å². The second kappa shape index (κ2) is 6.92. The quantitative estimate of drug-likeness (QED) is 0.663. The molecule has 2 aromatic carbocycles. The van der Waals surface area contributed by atoms with Gasteiger partial charge >= 0.3 is 5.97 Å². The Hall–Kier alpha value is -2.88. The van der Waals surface area contributed by atoms with E-state index in [1.54, 1.807) is 6.20 Å². The molecule has 0 saturated carbocycles. The van der Waals surface area contributed by atoms with Crippen molar-refractivity contribution in [2.24, 2.45) is 0 Å². The van der Waals surface area contributed by atoms with Gasteiger partial charge in [-0.1, -0.05) is 60.7 Å². The van der Waals surface area contributed by atoms with Crippen LogP contribution in [0.3, 0.4) is 0 Å². The van der Waals surface area contributed by atoms with E-state index in [1.807, 2.05) is 67.6 Å². The van der Waals surface area contributed by atoms with E-state index in [9.17, 15) is 4.79 Å². The minimum Gasteiger partial charge on any atom is -0.455 e. The van der Waals surface area contributed by atoms with Crippen molar-refractivity contribution >= 4 is 5.97 Å². The monoisotopic (exact) mass is 307 g/mol. The Bertz CT molecular complexity index is 766. The van der Waals surface area contributed by atoms with Gasteiger partial charge in [-0.15, -0.1) is 0 Å². The lowest BCUT2D eigenvalue weighted by Crippen LogP contribution is -2.13. The number of rotatable bonds is 5. The molecule has 3 aromatic rings. The smallest absolute Gasteiger partial charge is 0.313 e. The summed E-state index contributed by atoms with van der Waals surface area (Å²) in [6.45, 7) is 1.85. The summed E-state index contributed by atoms with van der Waals surface area (Å²) in [5.74, 6) is 0.431. The number of hydrogen-bond donors (Lipinski definition) is 0. The number of ether oxygens (including phenoxy) is 1. The zero-order valence-electron chi connectivity index (χ0n) is 12.8. The maximum Gasteiger partial charge on any atom is 0.313 e. The molecular weight excluding hydrogens is 290 g/mol. The summed E-state index contributed by atoms with van der Waals surface area (Å²) >= 11 is 0. The molecule has 0 fully saturated rings. The van der Waals surface area contributed by atoms with Crippen LogP contribution < -0.4 is 0 Å². The first-order chi connectivity index (χ1) is 11.2. The third-order valence-corrected chi connectivity index (χ3v) is 3.60. The molecule has 0 aliphatic heterocycles. The van der Waals surface area contributed by atoms with Crippen molar-refractivity contribution in [2.45, 2.75) is 19.4 Å². The number of hydrogen-bond acceptors (Lipinski definition) is 4. The Kier molecular flexibility index (Phi) is 4.52. The van der Waals surface area contributed by atoms with Gasteiger partial charge in [0.2, 0.25) is 5.89 Å². The highest BCUT2D eigenvalue weighted by atomic mass is 16.5. The van der Waals surface area contributed by atoms with E-state index in [0.29, 0.717) is 11.7 Å². The molecule has 0 aliphatic rings. The standard InChI is InChI=1S/C19H17NO3/c1-14(15-8-4-2-5-9-15)19(21)22-13-18-20-12-17(23-18)16-10-6-3-7-11-16/h2-12,14H,13H2,1H3/t14-/m1/s1. The molecule has 1 heterocycles. The zero-order chi connectivity index (χ0) is 16.1. The van der Waals surface area contributed by atoms with Crippen molar-refractivity contribution in [2.75, 3.05) is 0 Å². The van der Waals surface area contributed by atoms with Crippen LogP contribution in [0.1, 0.15) is 24.3 Å². The first-order valence-corrected chi connectivity index (χ1v) is 7.46. The highest BCUT2D eigenvalue weighted by Gasteiger charge is 2.17. The van der Waals surface area contributed by atoms with E-state index in [4.69, 9.17) is 9.15 Å². The molecule has 0 unspecified atom stereocenters. The van der Waals surface area contributed by atoms with Gasteiger partial charge in [0.1, 0.15) is 0 Å². The molecule has 0 aliphatic carbocycles. The van der Waals surface area contributed by atoms with Gasteiger partial charge in [0.25, 0.3) is 0 Å². The number of oxazole rings is 1. The minimum absolute atomic E-state index is 0.0306. The van der Waals surface area contributed by atoms with Crippen LogP contribution >= 0.6 is 0 Å². The topological polar surface area (TPSA) is 52.3 Å². The number of benzene rings is 2. The van der Waals surface area contributed by atoms with Crippen molar-refractivity contribution in [3.63, 3.8) is 0 Å². The van der Waals surface area contributed by atoms with Crippen molar-refractivity contribution in [1.82, 2.24) is 4.98 Å². The molecule has 0 bridgehead atoms.